The molecule has 90 valence electrons. The van der Waals surface area contributed by atoms with E-state index in [4.69, 9.17) is 5.26 Å². The van der Waals surface area contributed by atoms with Crippen LogP contribution in [0.2, 0.25) is 0 Å². The zero-order valence-corrected chi connectivity index (χ0v) is 9.41. The zero-order chi connectivity index (χ0) is 13.2. The minimum Gasteiger partial charge on any atom is -0.385 e. The SMILES string of the molecule is Cc1cc(C)c([N+](=O)[O-])cc1C(O)C(O)C#N. The fourth-order valence-corrected chi connectivity index (χ4v) is 1.61. The Morgan fingerprint density at radius 1 is 1.35 bits per heavy atom. The summed E-state index contributed by atoms with van der Waals surface area (Å²) in [6.07, 6.45) is -3.05. The van der Waals surface area contributed by atoms with Gasteiger partial charge in [0.15, 0.2) is 6.10 Å². The molecule has 6 nitrogen and oxygen atoms in total. The number of nitrogens with zero attached hydrogens (tertiary/aromatic N) is 2. The van der Waals surface area contributed by atoms with E-state index in [9.17, 15) is 20.3 Å². The molecule has 2 N–H and O–H groups in total. The Labute approximate surface area is 97.9 Å². The van der Waals surface area contributed by atoms with Gasteiger partial charge in [0, 0.05) is 11.6 Å². The molecule has 0 amide bonds. The van der Waals surface area contributed by atoms with Gasteiger partial charge in [-0.2, -0.15) is 5.26 Å². The normalized spacial score (nSPS) is 13.8. The lowest BCUT2D eigenvalue weighted by atomic mass is 9.97. The van der Waals surface area contributed by atoms with Crippen molar-refractivity contribution in [3.05, 3.63) is 38.9 Å². The fourth-order valence-electron chi connectivity index (χ4n) is 1.61. The Hall–Kier alpha value is -1.97. The standard InChI is InChI=1S/C11H12N2O4/c1-6-3-7(2)9(13(16)17)4-8(6)11(15)10(14)5-12/h3-4,10-11,14-15H,1-2H3. The predicted molar refractivity (Wildman–Crippen MR) is 59.2 cm³/mol. The lowest BCUT2D eigenvalue weighted by Gasteiger charge is -2.15. The maximum Gasteiger partial charge on any atom is 0.272 e. The van der Waals surface area contributed by atoms with E-state index in [2.05, 4.69) is 0 Å². The lowest BCUT2D eigenvalue weighted by Crippen LogP contribution is -2.17. The molecular weight excluding hydrogens is 224 g/mol. The van der Waals surface area contributed by atoms with E-state index in [1.807, 2.05) is 0 Å². The van der Waals surface area contributed by atoms with Gasteiger partial charge < -0.3 is 10.2 Å². The van der Waals surface area contributed by atoms with E-state index in [0.29, 0.717) is 11.1 Å². The maximum absolute atomic E-state index is 10.7. The molecule has 1 rings (SSSR count). The number of nitro benzene ring substituents is 1. The summed E-state index contributed by atoms with van der Waals surface area (Å²) in [5.41, 5.74) is 1.11. The zero-order valence-electron chi connectivity index (χ0n) is 9.41. The van der Waals surface area contributed by atoms with E-state index in [-0.39, 0.29) is 11.3 Å². The third-order valence-corrected chi connectivity index (χ3v) is 2.53. The molecule has 2 atom stereocenters. The quantitative estimate of drug-likeness (QED) is 0.464. The van der Waals surface area contributed by atoms with Crippen molar-refractivity contribution in [2.45, 2.75) is 26.1 Å². The molecule has 0 aliphatic carbocycles. The largest absolute Gasteiger partial charge is 0.385 e. The maximum atomic E-state index is 10.7. The van der Waals surface area contributed by atoms with E-state index in [0.717, 1.165) is 0 Å². The molecule has 0 saturated heterocycles. The second-order valence-electron chi connectivity index (χ2n) is 3.77. The van der Waals surface area contributed by atoms with Crippen LogP contribution in [0.5, 0.6) is 0 Å². The summed E-state index contributed by atoms with van der Waals surface area (Å²) < 4.78 is 0. The third kappa shape index (κ3) is 2.58. The monoisotopic (exact) mass is 236 g/mol. The van der Waals surface area contributed by atoms with Crippen molar-refractivity contribution in [1.29, 1.82) is 5.26 Å². The Morgan fingerprint density at radius 3 is 2.41 bits per heavy atom. The van der Waals surface area contributed by atoms with Gasteiger partial charge in [-0.05, 0) is 31.0 Å². The summed E-state index contributed by atoms with van der Waals surface area (Å²) in [6, 6.07) is 4.22. The summed E-state index contributed by atoms with van der Waals surface area (Å²) in [4.78, 5) is 10.2. The van der Waals surface area contributed by atoms with Crippen molar-refractivity contribution < 1.29 is 15.1 Å². The third-order valence-electron chi connectivity index (χ3n) is 2.53. The Bertz CT molecular complexity index is 493. The number of hydrogen-bond donors (Lipinski definition) is 2. The number of aryl methyl sites for hydroxylation is 2. The van der Waals surface area contributed by atoms with Crippen LogP contribution < -0.4 is 0 Å². The molecule has 2 unspecified atom stereocenters. The molecule has 1 aromatic rings. The molecular formula is C11H12N2O4. The van der Waals surface area contributed by atoms with Crippen LogP contribution in [0.1, 0.15) is 22.8 Å². The van der Waals surface area contributed by atoms with Crippen LogP contribution in [-0.4, -0.2) is 21.2 Å². The molecule has 6 heteroatoms. The molecule has 0 aliphatic heterocycles. The molecule has 0 heterocycles. The average molecular weight is 236 g/mol. The number of rotatable bonds is 3. The molecule has 0 saturated carbocycles. The molecule has 0 bridgehead atoms. The van der Waals surface area contributed by atoms with Crippen LogP contribution in [-0.2, 0) is 0 Å². The van der Waals surface area contributed by atoms with Gasteiger partial charge in [0.1, 0.15) is 6.10 Å². The van der Waals surface area contributed by atoms with Crippen molar-refractivity contribution in [1.82, 2.24) is 0 Å². The van der Waals surface area contributed by atoms with Crippen molar-refractivity contribution in [3.8, 4) is 6.07 Å². The number of nitriles is 1. The highest BCUT2D eigenvalue weighted by Crippen LogP contribution is 2.28. The van der Waals surface area contributed by atoms with Crippen LogP contribution in [0.15, 0.2) is 12.1 Å². The number of benzene rings is 1. The van der Waals surface area contributed by atoms with E-state index in [1.165, 1.54) is 12.1 Å². The minimum absolute atomic E-state index is 0.144. The van der Waals surface area contributed by atoms with Crippen molar-refractivity contribution in [3.63, 3.8) is 0 Å². The van der Waals surface area contributed by atoms with Crippen LogP contribution in [0, 0.1) is 35.3 Å². The summed E-state index contributed by atoms with van der Waals surface area (Å²) >= 11 is 0. The van der Waals surface area contributed by atoms with Crippen molar-refractivity contribution in [2.24, 2.45) is 0 Å². The van der Waals surface area contributed by atoms with E-state index >= 15 is 0 Å². The van der Waals surface area contributed by atoms with E-state index in [1.54, 1.807) is 19.9 Å². The van der Waals surface area contributed by atoms with Gasteiger partial charge >= 0.3 is 0 Å². The van der Waals surface area contributed by atoms with Crippen molar-refractivity contribution in [2.75, 3.05) is 0 Å². The first kappa shape index (κ1) is 13.1. The topological polar surface area (TPSA) is 107 Å². The summed E-state index contributed by atoms with van der Waals surface area (Å²) in [5, 5.41) is 38.1. The van der Waals surface area contributed by atoms with Gasteiger partial charge in [0.05, 0.1) is 11.0 Å². The van der Waals surface area contributed by atoms with Crippen LogP contribution in [0.3, 0.4) is 0 Å². The molecule has 17 heavy (non-hydrogen) atoms. The molecule has 0 aromatic heterocycles. The highest BCUT2D eigenvalue weighted by Gasteiger charge is 2.23. The van der Waals surface area contributed by atoms with Crippen LogP contribution in [0.4, 0.5) is 5.69 Å². The molecule has 1 aromatic carbocycles. The van der Waals surface area contributed by atoms with Gasteiger partial charge in [-0.25, -0.2) is 0 Å². The number of aliphatic hydroxyl groups excluding tert-OH is 2. The molecule has 0 radical (unpaired) electrons. The van der Waals surface area contributed by atoms with Gasteiger partial charge in [0.25, 0.3) is 5.69 Å². The molecule has 0 aliphatic rings. The summed E-state index contributed by atoms with van der Waals surface area (Å²) in [7, 11) is 0. The number of hydrogen-bond acceptors (Lipinski definition) is 5. The second-order valence-corrected chi connectivity index (χ2v) is 3.77. The van der Waals surface area contributed by atoms with Crippen LogP contribution in [0.25, 0.3) is 0 Å². The van der Waals surface area contributed by atoms with Gasteiger partial charge in [-0.3, -0.25) is 10.1 Å². The van der Waals surface area contributed by atoms with Gasteiger partial charge in [-0.15, -0.1) is 0 Å². The first-order valence-electron chi connectivity index (χ1n) is 4.89. The van der Waals surface area contributed by atoms with Crippen LogP contribution >= 0.6 is 0 Å². The minimum atomic E-state index is -1.60. The molecule has 0 spiro atoms. The Balaban J connectivity index is 3.30. The van der Waals surface area contributed by atoms with E-state index < -0.39 is 17.1 Å². The fraction of sp³-hybridized carbons (Fsp3) is 0.364. The van der Waals surface area contributed by atoms with Gasteiger partial charge in [0.2, 0.25) is 0 Å². The number of nitro groups is 1. The summed E-state index contributed by atoms with van der Waals surface area (Å²) in [5.74, 6) is 0. The van der Waals surface area contributed by atoms with Gasteiger partial charge in [-0.1, -0.05) is 0 Å². The Morgan fingerprint density at radius 2 is 1.94 bits per heavy atom. The average Bonchev–Trinajstić information content (AvgIpc) is 2.26. The Kier molecular flexibility index (Phi) is 3.78. The lowest BCUT2D eigenvalue weighted by molar-refractivity contribution is -0.385. The smallest absolute Gasteiger partial charge is 0.272 e. The second kappa shape index (κ2) is 4.91. The highest BCUT2D eigenvalue weighted by molar-refractivity contribution is 5.47. The predicted octanol–water partition coefficient (Wildman–Crippen LogP) is 1.13. The summed E-state index contributed by atoms with van der Waals surface area (Å²) in [6.45, 7) is 3.24. The molecule has 0 fully saturated rings. The number of aliphatic hydroxyl groups is 2. The highest BCUT2D eigenvalue weighted by atomic mass is 16.6. The first-order chi connectivity index (χ1) is 7.88. The first-order valence-corrected chi connectivity index (χ1v) is 4.89. The van der Waals surface area contributed by atoms with Crippen molar-refractivity contribution >= 4 is 5.69 Å².